The van der Waals surface area contributed by atoms with Gasteiger partial charge < -0.3 is 10.4 Å². The van der Waals surface area contributed by atoms with Gasteiger partial charge in [-0.05, 0) is 41.3 Å². The molecule has 2 aromatic heterocycles. The fourth-order valence-corrected chi connectivity index (χ4v) is 8.27. The van der Waals surface area contributed by atoms with Gasteiger partial charge in [-0.15, -0.1) is 22.0 Å². The molecule has 3 aliphatic rings. The molecule has 198 valence electrons. The highest BCUT2D eigenvalue weighted by molar-refractivity contribution is 9.10. The number of carbonyl (C=O) groups excluding carboxylic acids is 2. The van der Waals surface area contributed by atoms with Gasteiger partial charge in [0.1, 0.15) is 28.7 Å². The topological polar surface area (TPSA) is 130 Å². The molecule has 0 radical (unpaired) electrons. The van der Waals surface area contributed by atoms with Crippen LogP contribution in [0.2, 0.25) is 0 Å². The highest BCUT2D eigenvalue weighted by atomic mass is 79.9. The second-order valence-corrected chi connectivity index (χ2v) is 12.9. The summed E-state index contributed by atoms with van der Waals surface area (Å²) in [6.07, 6.45) is -3.29. The van der Waals surface area contributed by atoms with Crippen molar-refractivity contribution in [2.24, 2.45) is 0 Å². The predicted octanol–water partition coefficient (Wildman–Crippen LogP) is 3.23. The van der Waals surface area contributed by atoms with Crippen molar-refractivity contribution in [3.05, 3.63) is 32.1 Å². The van der Waals surface area contributed by atoms with Crippen LogP contribution in [-0.4, -0.2) is 70.7 Å². The van der Waals surface area contributed by atoms with E-state index in [9.17, 15) is 32.7 Å². The van der Waals surface area contributed by atoms with Gasteiger partial charge in [0.05, 0.1) is 10.2 Å². The van der Waals surface area contributed by atoms with Crippen LogP contribution in [0.4, 0.5) is 13.2 Å². The number of rotatable bonds is 8. The van der Waals surface area contributed by atoms with Crippen LogP contribution in [0.5, 0.6) is 0 Å². The summed E-state index contributed by atoms with van der Waals surface area (Å²) in [5.41, 5.74) is -0.351. The third-order valence-electron chi connectivity index (χ3n) is 5.90. The van der Waals surface area contributed by atoms with E-state index in [1.54, 1.807) is 0 Å². The lowest BCUT2D eigenvalue weighted by Crippen LogP contribution is -2.70. The van der Waals surface area contributed by atoms with Crippen molar-refractivity contribution in [3.8, 4) is 0 Å². The molecule has 2 aromatic rings. The maximum atomic E-state index is 13.3. The summed E-state index contributed by atoms with van der Waals surface area (Å²) >= 11 is 7.02. The number of carbonyl (C=O) groups is 3. The molecule has 10 nitrogen and oxygen atoms in total. The van der Waals surface area contributed by atoms with E-state index in [2.05, 4.69) is 36.5 Å². The zero-order chi connectivity index (χ0) is 26.6. The van der Waals surface area contributed by atoms with Crippen molar-refractivity contribution in [3.63, 3.8) is 0 Å². The zero-order valence-corrected chi connectivity index (χ0v) is 22.9. The number of nitrogens with one attached hydrogen (secondary N) is 1. The van der Waals surface area contributed by atoms with Crippen LogP contribution in [0, 0.1) is 6.92 Å². The van der Waals surface area contributed by atoms with E-state index in [1.165, 1.54) is 34.9 Å². The summed E-state index contributed by atoms with van der Waals surface area (Å²) in [7, 11) is 0. The number of carboxylic acid groups (broad SMARTS) is 1. The van der Waals surface area contributed by atoms with Gasteiger partial charge in [-0.1, -0.05) is 23.1 Å². The van der Waals surface area contributed by atoms with Crippen molar-refractivity contribution in [2.75, 3.05) is 11.5 Å². The fourth-order valence-electron chi connectivity index (χ4n) is 4.14. The standard InChI is InChI=1S/C20H18BrF3N6O4S3/c1-7-26-27-19(37-7)36-6-9-5-35-17-12(16(32)30(17)14(9)18(33)34)25-10(31)4-29-13(8-2-3-8)11(21)15(28-29)20(22,23)24/h8,12,17H,2-6H2,1H3,(H,25,31)(H,33,34)/t12-,17+/m0/s1. The molecule has 1 aliphatic carbocycles. The summed E-state index contributed by atoms with van der Waals surface area (Å²) in [6.45, 7) is 1.32. The van der Waals surface area contributed by atoms with Crippen molar-refractivity contribution >= 4 is 68.6 Å². The molecule has 1 saturated carbocycles. The molecule has 4 heterocycles. The lowest BCUT2D eigenvalue weighted by atomic mass is 10.0. The van der Waals surface area contributed by atoms with E-state index < -0.39 is 47.6 Å². The Morgan fingerprint density at radius 1 is 1.30 bits per heavy atom. The van der Waals surface area contributed by atoms with E-state index in [4.69, 9.17) is 0 Å². The number of hydrogen-bond donors (Lipinski definition) is 2. The first kappa shape index (κ1) is 26.5. The van der Waals surface area contributed by atoms with Gasteiger partial charge >= 0.3 is 12.1 Å². The highest BCUT2D eigenvalue weighted by Crippen LogP contribution is 2.47. The van der Waals surface area contributed by atoms with E-state index in [-0.39, 0.29) is 16.1 Å². The number of nitrogens with zero attached hydrogens (tertiary/aromatic N) is 5. The first-order chi connectivity index (χ1) is 17.5. The number of aryl methyl sites for hydroxylation is 1. The molecule has 0 spiro atoms. The molecule has 37 heavy (non-hydrogen) atoms. The van der Waals surface area contributed by atoms with Gasteiger partial charge in [0.2, 0.25) is 5.91 Å². The van der Waals surface area contributed by atoms with Crippen molar-refractivity contribution in [2.45, 2.75) is 54.2 Å². The summed E-state index contributed by atoms with van der Waals surface area (Å²) in [5.74, 6) is -1.99. The monoisotopic (exact) mass is 638 g/mol. The molecular weight excluding hydrogens is 621 g/mol. The average molecular weight is 640 g/mol. The first-order valence-electron chi connectivity index (χ1n) is 10.9. The van der Waals surface area contributed by atoms with E-state index in [0.29, 0.717) is 40.0 Å². The van der Waals surface area contributed by atoms with Gasteiger partial charge in [0.25, 0.3) is 5.91 Å². The van der Waals surface area contributed by atoms with E-state index in [1.807, 2.05) is 6.92 Å². The first-order valence-corrected chi connectivity index (χ1v) is 14.6. The molecule has 2 N–H and O–H groups in total. The quantitative estimate of drug-likeness (QED) is 0.330. The van der Waals surface area contributed by atoms with Crippen LogP contribution >= 0.6 is 50.8 Å². The number of thioether (sulfide) groups is 2. The average Bonchev–Trinajstić information content (AvgIpc) is 3.48. The number of alkyl halides is 3. The van der Waals surface area contributed by atoms with Crippen LogP contribution in [0.3, 0.4) is 0 Å². The molecule has 0 bridgehead atoms. The molecule has 0 unspecified atom stereocenters. The molecule has 5 rings (SSSR count). The number of aromatic nitrogens is 4. The van der Waals surface area contributed by atoms with Crippen LogP contribution in [0.1, 0.15) is 35.2 Å². The number of β-lactam (4-membered cyclic amide) rings is 1. The molecular formula is C20H18BrF3N6O4S3. The van der Waals surface area contributed by atoms with Crippen LogP contribution in [0.15, 0.2) is 20.1 Å². The maximum Gasteiger partial charge on any atom is 0.436 e. The van der Waals surface area contributed by atoms with Crippen molar-refractivity contribution < 1.29 is 32.7 Å². The number of aliphatic carboxylic acids is 1. The highest BCUT2D eigenvalue weighted by Gasteiger charge is 2.54. The van der Waals surface area contributed by atoms with Gasteiger partial charge in [-0.25, -0.2) is 4.79 Å². The zero-order valence-electron chi connectivity index (χ0n) is 18.9. The lowest BCUT2D eigenvalue weighted by Gasteiger charge is -2.49. The summed E-state index contributed by atoms with van der Waals surface area (Å²) in [4.78, 5) is 38.8. The SMILES string of the molecule is Cc1nnc(SCC2=C(C(=O)O)N3C(=O)[C@H](NC(=O)Cn4nc(C(F)(F)F)c(Br)c4C4CC4)[C@H]3SC2)s1. The minimum Gasteiger partial charge on any atom is -0.477 e. The molecule has 2 atom stereocenters. The van der Waals surface area contributed by atoms with Crippen molar-refractivity contribution in [1.82, 2.24) is 30.2 Å². The Hall–Kier alpha value is -2.11. The molecule has 2 aliphatic heterocycles. The largest absolute Gasteiger partial charge is 0.477 e. The Labute approximate surface area is 228 Å². The summed E-state index contributed by atoms with van der Waals surface area (Å²) < 4.78 is 41.6. The van der Waals surface area contributed by atoms with Crippen LogP contribution in [-0.2, 0) is 27.1 Å². The van der Waals surface area contributed by atoms with Gasteiger partial charge in [0.15, 0.2) is 10.0 Å². The molecule has 2 fully saturated rings. The van der Waals surface area contributed by atoms with Crippen LogP contribution < -0.4 is 5.32 Å². The number of carboxylic acids is 1. The minimum atomic E-state index is -4.68. The lowest BCUT2D eigenvalue weighted by molar-refractivity contribution is -0.150. The molecule has 1 saturated heterocycles. The number of hydrogen-bond acceptors (Lipinski definition) is 9. The minimum absolute atomic E-state index is 0.116. The smallest absolute Gasteiger partial charge is 0.436 e. The Morgan fingerprint density at radius 2 is 2.03 bits per heavy atom. The Morgan fingerprint density at radius 3 is 2.62 bits per heavy atom. The van der Waals surface area contributed by atoms with Gasteiger partial charge in [-0.3, -0.25) is 19.2 Å². The third-order valence-corrected chi connectivity index (χ3v) is 10.1. The summed E-state index contributed by atoms with van der Waals surface area (Å²) in [6, 6.07) is -0.989. The number of halogens is 4. The van der Waals surface area contributed by atoms with E-state index in [0.717, 1.165) is 14.6 Å². The fraction of sp³-hybridized carbons (Fsp3) is 0.500. The Balaban J connectivity index is 1.28. The maximum absolute atomic E-state index is 13.3. The summed E-state index contributed by atoms with van der Waals surface area (Å²) in [5, 5.41) is 24.1. The Bertz CT molecular complexity index is 1320. The molecule has 17 heteroatoms. The van der Waals surface area contributed by atoms with E-state index >= 15 is 0 Å². The Kier molecular flexibility index (Phi) is 7.08. The van der Waals surface area contributed by atoms with Crippen molar-refractivity contribution in [1.29, 1.82) is 0 Å². The third kappa shape index (κ3) is 5.14. The second kappa shape index (κ2) is 9.89. The number of amides is 2. The number of fused-ring (bicyclic) bond motifs is 1. The second-order valence-electron chi connectivity index (χ2n) is 8.57. The molecule has 0 aromatic carbocycles. The normalized spacial score (nSPS) is 21.6. The van der Waals surface area contributed by atoms with Gasteiger partial charge in [-0.2, -0.15) is 18.3 Å². The van der Waals surface area contributed by atoms with Crippen LogP contribution in [0.25, 0.3) is 0 Å². The molecule has 2 amide bonds. The van der Waals surface area contributed by atoms with Gasteiger partial charge in [0, 0.05) is 17.4 Å². The predicted molar refractivity (Wildman–Crippen MR) is 132 cm³/mol.